The number of carbonyl (C=O) groups is 1. The van der Waals surface area contributed by atoms with E-state index in [1.165, 1.54) is 122 Å². The topological polar surface area (TPSA) is 108 Å². The summed E-state index contributed by atoms with van der Waals surface area (Å²) in [6.45, 7) is 4.60. The van der Waals surface area contributed by atoms with Gasteiger partial charge in [0.1, 0.15) is 13.2 Å². The Morgan fingerprint density at radius 1 is 0.708 bits per heavy atom. The van der Waals surface area contributed by atoms with Crippen LogP contribution in [0.5, 0.6) is 0 Å². The highest BCUT2D eigenvalue weighted by atomic mass is 31.2. The van der Waals surface area contributed by atoms with Gasteiger partial charge in [-0.15, -0.1) is 0 Å². The third kappa shape index (κ3) is 33.7. The Hall–Kier alpha value is -0.760. The first kappa shape index (κ1) is 47.2. The summed E-state index contributed by atoms with van der Waals surface area (Å²) in [6, 6.07) is -0.877. The first-order chi connectivity index (χ1) is 23.0. The molecule has 2 N–H and O–H groups in total. The fourth-order valence-electron chi connectivity index (χ4n) is 5.74. The van der Waals surface area contributed by atoms with Crippen LogP contribution in [0.1, 0.15) is 181 Å². The molecule has 8 nitrogen and oxygen atoms in total. The Morgan fingerprint density at radius 3 is 1.56 bits per heavy atom. The fraction of sp³-hybridized carbons (Fsp3) is 0.923. The molecule has 0 saturated heterocycles. The molecule has 0 aromatic rings. The maximum atomic E-state index is 12.8. The average Bonchev–Trinajstić information content (AvgIpc) is 3.02. The van der Waals surface area contributed by atoms with Gasteiger partial charge in [0, 0.05) is 6.42 Å². The molecule has 0 aliphatic carbocycles. The Kier molecular flexibility index (Phi) is 31.7. The number of hydrogen-bond donors (Lipinski definition) is 2. The predicted octanol–water partition coefficient (Wildman–Crippen LogP) is 9.78. The molecule has 0 fully saturated rings. The van der Waals surface area contributed by atoms with Gasteiger partial charge >= 0.3 is 0 Å². The van der Waals surface area contributed by atoms with E-state index in [1.807, 2.05) is 27.2 Å². The number of quaternary nitrogens is 1. The van der Waals surface area contributed by atoms with Crippen LogP contribution in [0.2, 0.25) is 0 Å². The number of rotatable bonds is 36. The molecular weight excluding hydrogens is 623 g/mol. The second-order valence-electron chi connectivity index (χ2n) is 15.0. The minimum absolute atomic E-state index is 0.00136. The minimum Gasteiger partial charge on any atom is -0.756 e. The van der Waals surface area contributed by atoms with Crippen molar-refractivity contribution in [1.29, 1.82) is 0 Å². The van der Waals surface area contributed by atoms with Crippen molar-refractivity contribution in [1.82, 2.24) is 5.32 Å². The normalized spacial score (nSPS) is 14.7. The summed E-state index contributed by atoms with van der Waals surface area (Å²) in [5.41, 5.74) is 0. The summed E-state index contributed by atoms with van der Waals surface area (Å²) in [5, 5.41) is 13.6. The lowest BCUT2D eigenvalue weighted by Crippen LogP contribution is -2.45. The lowest BCUT2D eigenvalue weighted by atomic mass is 10.0. The molecule has 3 atom stereocenters. The summed E-state index contributed by atoms with van der Waals surface area (Å²) in [7, 11) is 1.26. The molecule has 0 bridgehead atoms. The number of likely N-dealkylation sites (N-methyl/N-ethyl adjacent to an activating group) is 1. The van der Waals surface area contributed by atoms with Crippen LogP contribution in [0.4, 0.5) is 0 Å². The Labute approximate surface area is 297 Å². The number of nitrogens with one attached hydrogen (secondary N) is 1. The number of hydrogen-bond acceptors (Lipinski definition) is 6. The Balaban J connectivity index is 4.30. The first-order valence-corrected chi connectivity index (χ1v) is 21.5. The van der Waals surface area contributed by atoms with Gasteiger partial charge in [0.05, 0.1) is 39.9 Å². The molecular formula is C39H79N2O6P. The van der Waals surface area contributed by atoms with E-state index in [-0.39, 0.29) is 19.1 Å². The van der Waals surface area contributed by atoms with Crippen molar-refractivity contribution in [3.63, 3.8) is 0 Å². The average molecular weight is 703 g/mol. The van der Waals surface area contributed by atoms with E-state index in [9.17, 15) is 19.4 Å². The quantitative estimate of drug-likeness (QED) is 0.0291. The molecule has 0 radical (unpaired) electrons. The highest BCUT2D eigenvalue weighted by Gasteiger charge is 2.23. The van der Waals surface area contributed by atoms with Crippen LogP contribution in [-0.2, 0) is 18.4 Å². The number of aliphatic hydroxyl groups is 1. The van der Waals surface area contributed by atoms with Gasteiger partial charge in [-0.05, 0) is 19.3 Å². The van der Waals surface area contributed by atoms with Gasteiger partial charge in [-0.2, -0.15) is 0 Å². The number of phosphoric ester groups is 1. The lowest BCUT2D eigenvalue weighted by Gasteiger charge is -2.29. The third-order valence-corrected chi connectivity index (χ3v) is 9.96. The van der Waals surface area contributed by atoms with Crippen molar-refractivity contribution in [2.24, 2.45) is 0 Å². The lowest BCUT2D eigenvalue weighted by molar-refractivity contribution is -0.870. The summed E-state index contributed by atoms with van der Waals surface area (Å²) in [4.78, 5) is 25.1. The van der Waals surface area contributed by atoms with Crippen LogP contribution in [0, 0.1) is 0 Å². The Morgan fingerprint density at radius 2 is 1.12 bits per heavy atom. The second kappa shape index (κ2) is 32.2. The van der Waals surface area contributed by atoms with Crippen molar-refractivity contribution < 1.29 is 32.9 Å². The molecule has 0 aliphatic heterocycles. The van der Waals surface area contributed by atoms with E-state index in [0.29, 0.717) is 17.4 Å². The molecule has 0 saturated carbocycles. The van der Waals surface area contributed by atoms with E-state index in [4.69, 9.17) is 9.05 Å². The van der Waals surface area contributed by atoms with Crippen molar-refractivity contribution in [3.05, 3.63) is 12.2 Å². The van der Waals surface area contributed by atoms with Gasteiger partial charge in [0.15, 0.2) is 0 Å². The van der Waals surface area contributed by atoms with Crippen molar-refractivity contribution in [3.8, 4) is 0 Å². The molecule has 0 aliphatic rings. The zero-order chi connectivity index (χ0) is 35.8. The summed E-state index contributed by atoms with van der Waals surface area (Å²) >= 11 is 0. The number of nitrogens with zero attached hydrogens (tertiary/aromatic N) is 1. The molecule has 1 amide bonds. The van der Waals surface area contributed by atoms with Crippen molar-refractivity contribution in [2.45, 2.75) is 193 Å². The van der Waals surface area contributed by atoms with Crippen LogP contribution in [0.15, 0.2) is 12.2 Å². The molecule has 0 heterocycles. The number of unbranched alkanes of at least 4 members (excludes halogenated alkanes) is 23. The minimum atomic E-state index is -4.57. The molecule has 0 spiro atoms. The smallest absolute Gasteiger partial charge is 0.268 e. The highest BCUT2D eigenvalue weighted by Crippen LogP contribution is 2.38. The fourth-order valence-corrected chi connectivity index (χ4v) is 6.46. The zero-order valence-electron chi connectivity index (χ0n) is 32.2. The molecule has 3 unspecified atom stereocenters. The van der Waals surface area contributed by atoms with Crippen LogP contribution in [-0.4, -0.2) is 68.5 Å². The number of phosphoric acid groups is 1. The maximum absolute atomic E-state index is 12.8. The van der Waals surface area contributed by atoms with Gasteiger partial charge in [-0.3, -0.25) is 9.36 Å². The molecule has 0 aromatic heterocycles. The van der Waals surface area contributed by atoms with Crippen LogP contribution < -0.4 is 10.2 Å². The van der Waals surface area contributed by atoms with E-state index < -0.39 is 20.0 Å². The number of carbonyl (C=O) groups excluding carboxylic acids is 1. The van der Waals surface area contributed by atoms with Gasteiger partial charge < -0.3 is 28.8 Å². The van der Waals surface area contributed by atoms with E-state index in [2.05, 4.69) is 19.2 Å². The standard InChI is InChI=1S/C39H79N2O6P/c1-6-8-10-12-14-16-17-18-19-20-21-22-23-24-25-27-29-31-33-39(43)40-37(36-47-48(44,45)46-35-34-41(3,4)5)38(42)32-30-28-26-15-13-11-9-7-2/h30,32,37-38,42H,6-29,31,33-36H2,1-5H3,(H-,40,43,44,45)/b32-30+. The van der Waals surface area contributed by atoms with Gasteiger partial charge in [0.25, 0.3) is 7.82 Å². The first-order valence-electron chi connectivity index (χ1n) is 20.1. The van der Waals surface area contributed by atoms with Crippen molar-refractivity contribution in [2.75, 3.05) is 40.9 Å². The predicted molar refractivity (Wildman–Crippen MR) is 201 cm³/mol. The summed E-state index contributed by atoms with van der Waals surface area (Å²) < 4.78 is 23.0. The molecule has 48 heavy (non-hydrogen) atoms. The van der Waals surface area contributed by atoms with E-state index >= 15 is 0 Å². The van der Waals surface area contributed by atoms with E-state index in [0.717, 1.165) is 38.5 Å². The van der Waals surface area contributed by atoms with Crippen LogP contribution in [0.3, 0.4) is 0 Å². The van der Waals surface area contributed by atoms with Gasteiger partial charge in [-0.1, -0.05) is 167 Å². The summed E-state index contributed by atoms with van der Waals surface area (Å²) in [5.74, 6) is -0.199. The second-order valence-corrected chi connectivity index (χ2v) is 16.4. The van der Waals surface area contributed by atoms with E-state index in [1.54, 1.807) is 6.08 Å². The largest absolute Gasteiger partial charge is 0.756 e. The number of allylic oxidation sites excluding steroid dienone is 1. The van der Waals surface area contributed by atoms with Gasteiger partial charge in [0.2, 0.25) is 5.91 Å². The van der Waals surface area contributed by atoms with Crippen molar-refractivity contribution >= 4 is 13.7 Å². The third-order valence-electron chi connectivity index (χ3n) is 9.00. The zero-order valence-corrected chi connectivity index (χ0v) is 33.1. The highest BCUT2D eigenvalue weighted by molar-refractivity contribution is 7.45. The van der Waals surface area contributed by atoms with Crippen LogP contribution >= 0.6 is 7.82 Å². The molecule has 286 valence electrons. The maximum Gasteiger partial charge on any atom is 0.268 e. The SMILES string of the molecule is CCCCCCCC/C=C/C(O)C(COP(=O)([O-])OCC[N+](C)(C)C)NC(=O)CCCCCCCCCCCCCCCCCCCC. The van der Waals surface area contributed by atoms with Gasteiger partial charge in [-0.25, -0.2) is 0 Å². The monoisotopic (exact) mass is 703 g/mol. The number of aliphatic hydroxyl groups excluding tert-OH is 1. The summed E-state index contributed by atoms with van der Waals surface area (Å²) in [6.07, 6.45) is 34.1. The Bertz CT molecular complexity index is 804. The number of amides is 1. The molecule has 0 rings (SSSR count). The molecule has 9 heteroatoms. The molecule has 0 aromatic carbocycles. The van der Waals surface area contributed by atoms with Crippen LogP contribution in [0.25, 0.3) is 0 Å².